The maximum absolute atomic E-state index is 13.4. The van der Waals surface area contributed by atoms with E-state index in [4.69, 9.17) is 11.6 Å². The molecule has 4 nitrogen and oxygen atoms in total. The van der Waals surface area contributed by atoms with Crippen LogP contribution >= 0.6 is 11.6 Å². The largest absolute Gasteiger partial charge is 0.434 e. The molecule has 1 aromatic carbocycles. The van der Waals surface area contributed by atoms with Crippen LogP contribution in [0.3, 0.4) is 0 Å². The fourth-order valence-corrected chi connectivity index (χ4v) is 2.30. The number of nitrogens with one attached hydrogen (secondary N) is 1. The highest BCUT2D eigenvalue weighted by atomic mass is 35.5. The van der Waals surface area contributed by atoms with E-state index >= 15 is 0 Å². The fraction of sp³-hybridized carbons (Fsp3) is 0.286. The molecule has 0 spiro atoms. The Morgan fingerprint density at radius 1 is 1.32 bits per heavy atom. The van der Waals surface area contributed by atoms with Crippen molar-refractivity contribution in [2.75, 3.05) is 0 Å². The van der Waals surface area contributed by atoms with Crippen molar-refractivity contribution < 1.29 is 18.0 Å². The number of amides is 1. The first kappa shape index (κ1) is 14.9. The molecule has 22 heavy (non-hydrogen) atoms. The van der Waals surface area contributed by atoms with Gasteiger partial charge in [-0.1, -0.05) is 23.7 Å². The van der Waals surface area contributed by atoms with Crippen molar-refractivity contribution in [1.29, 1.82) is 0 Å². The zero-order chi connectivity index (χ0) is 15.9. The molecule has 116 valence electrons. The van der Waals surface area contributed by atoms with E-state index in [2.05, 4.69) is 10.4 Å². The number of halogens is 4. The van der Waals surface area contributed by atoms with Crippen LogP contribution in [0.4, 0.5) is 13.2 Å². The Labute approximate surface area is 128 Å². The molecule has 0 atom stereocenters. The number of alkyl halides is 3. The Bertz CT molecular complexity index is 722. The molecule has 1 aliphatic rings. The van der Waals surface area contributed by atoms with Crippen LogP contribution < -0.4 is 5.32 Å². The topological polar surface area (TPSA) is 46.9 Å². The van der Waals surface area contributed by atoms with Gasteiger partial charge >= 0.3 is 6.18 Å². The Morgan fingerprint density at radius 3 is 2.59 bits per heavy atom. The van der Waals surface area contributed by atoms with Gasteiger partial charge in [-0.3, -0.25) is 4.79 Å². The van der Waals surface area contributed by atoms with Crippen LogP contribution in [0.2, 0.25) is 5.02 Å². The van der Waals surface area contributed by atoms with E-state index in [0.29, 0.717) is 4.68 Å². The molecular weight excluding hydrogens is 319 g/mol. The molecule has 0 aliphatic heterocycles. The summed E-state index contributed by atoms with van der Waals surface area (Å²) in [4.78, 5) is 12.0. The Morgan fingerprint density at radius 2 is 2.00 bits per heavy atom. The van der Waals surface area contributed by atoms with Gasteiger partial charge in [-0.2, -0.15) is 18.3 Å². The van der Waals surface area contributed by atoms with Gasteiger partial charge in [0.1, 0.15) is 0 Å². The highest BCUT2D eigenvalue weighted by molar-refractivity contribution is 6.32. The highest BCUT2D eigenvalue weighted by Crippen LogP contribution is 2.35. The first-order chi connectivity index (χ1) is 10.4. The van der Waals surface area contributed by atoms with Gasteiger partial charge < -0.3 is 5.32 Å². The van der Waals surface area contributed by atoms with Crippen LogP contribution in [0.25, 0.3) is 5.69 Å². The first-order valence-corrected chi connectivity index (χ1v) is 6.96. The van der Waals surface area contributed by atoms with Crippen molar-refractivity contribution in [3.05, 3.63) is 46.7 Å². The third-order valence-corrected chi connectivity index (χ3v) is 3.60. The molecule has 1 aliphatic carbocycles. The van der Waals surface area contributed by atoms with Crippen molar-refractivity contribution in [3.8, 4) is 5.69 Å². The third-order valence-electron chi connectivity index (χ3n) is 3.28. The number of rotatable bonds is 3. The van der Waals surface area contributed by atoms with Crippen molar-refractivity contribution in [2.24, 2.45) is 0 Å². The monoisotopic (exact) mass is 329 g/mol. The summed E-state index contributed by atoms with van der Waals surface area (Å²) in [6, 6.07) is 5.98. The maximum Gasteiger partial charge on any atom is 0.434 e. The third kappa shape index (κ3) is 2.81. The normalized spacial score (nSPS) is 14.9. The van der Waals surface area contributed by atoms with Crippen LogP contribution in [-0.2, 0) is 6.18 Å². The lowest BCUT2D eigenvalue weighted by atomic mass is 10.2. The molecular formula is C14H11ClF3N3O. The van der Waals surface area contributed by atoms with Crippen LogP contribution in [0.5, 0.6) is 0 Å². The molecule has 2 aromatic rings. The molecule has 1 N–H and O–H groups in total. The second kappa shape index (κ2) is 5.31. The minimum Gasteiger partial charge on any atom is -0.349 e. The summed E-state index contributed by atoms with van der Waals surface area (Å²) in [6.45, 7) is 0. The van der Waals surface area contributed by atoms with E-state index in [1.54, 1.807) is 12.1 Å². The number of benzene rings is 1. The smallest absolute Gasteiger partial charge is 0.349 e. The van der Waals surface area contributed by atoms with Crippen LogP contribution in [0, 0.1) is 0 Å². The number of hydrogen-bond acceptors (Lipinski definition) is 2. The SMILES string of the molecule is O=C(NC1CC1)c1cnn(-c2ccccc2Cl)c1C(F)(F)F. The lowest BCUT2D eigenvalue weighted by Crippen LogP contribution is -2.28. The highest BCUT2D eigenvalue weighted by Gasteiger charge is 2.41. The minimum absolute atomic E-state index is 0.0442. The number of aromatic nitrogens is 2. The quantitative estimate of drug-likeness (QED) is 0.937. The van der Waals surface area contributed by atoms with Crippen molar-refractivity contribution >= 4 is 17.5 Å². The van der Waals surface area contributed by atoms with Crippen LogP contribution in [0.1, 0.15) is 28.9 Å². The lowest BCUT2D eigenvalue weighted by molar-refractivity contribution is -0.143. The van der Waals surface area contributed by atoms with E-state index in [9.17, 15) is 18.0 Å². The van der Waals surface area contributed by atoms with Gasteiger partial charge in [0, 0.05) is 6.04 Å². The van der Waals surface area contributed by atoms with E-state index in [0.717, 1.165) is 19.0 Å². The van der Waals surface area contributed by atoms with E-state index in [1.165, 1.54) is 12.1 Å². The second-order valence-corrected chi connectivity index (χ2v) is 5.42. The zero-order valence-corrected chi connectivity index (χ0v) is 11.9. The fourth-order valence-electron chi connectivity index (χ4n) is 2.08. The maximum atomic E-state index is 13.4. The number of carbonyl (C=O) groups is 1. The molecule has 0 radical (unpaired) electrons. The molecule has 1 amide bonds. The average molecular weight is 330 g/mol. The van der Waals surface area contributed by atoms with Gasteiger partial charge in [-0.25, -0.2) is 4.68 Å². The minimum atomic E-state index is -4.73. The van der Waals surface area contributed by atoms with Crippen molar-refractivity contribution in [3.63, 3.8) is 0 Å². The summed E-state index contributed by atoms with van der Waals surface area (Å²) in [5.74, 6) is -0.770. The Kier molecular flexibility index (Phi) is 3.60. The molecule has 1 heterocycles. The summed E-state index contributed by atoms with van der Waals surface area (Å²) in [5.41, 5.74) is -1.56. The Hall–Kier alpha value is -2.02. The van der Waals surface area contributed by atoms with Gasteiger partial charge in [0.2, 0.25) is 0 Å². The summed E-state index contributed by atoms with van der Waals surface area (Å²) >= 11 is 5.94. The van der Waals surface area contributed by atoms with Gasteiger partial charge in [0.15, 0.2) is 5.69 Å². The lowest BCUT2D eigenvalue weighted by Gasteiger charge is -2.13. The summed E-state index contributed by atoms with van der Waals surface area (Å²) < 4.78 is 40.8. The second-order valence-electron chi connectivity index (χ2n) is 5.02. The Balaban J connectivity index is 2.09. The molecule has 1 aromatic heterocycles. The van der Waals surface area contributed by atoms with E-state index in [-0.39, 0.29) is 16.8 Å². The van der Waals surface area contributed by atoms with Gasteiger partial charge in [0.05, 0.1) is 22.5 Å². The van der Waals surface area contributed by atoms with E-state index < -0.39 is 23.3 Å². The summed E-state index contributed by atoms with van der Waals surface area (Å²) in [6.07, 6.45) is -2.24. The number of nitrogens with zero attached hydrogens (tertiary/aromatic N) is 2. The predicted molar refractivity (Wildman–Crippen MR) is 74.1 cm³/mol. The van der Waals surface area contributed by atoms with Crippen molar-refractivity contribution in [2.45, 2.75) is 25.1 Å². The zero-order valence-electron chi connectivity index (χ0n) is 11.2. The molecule has 8 heteroatoms. The van der Waals surface area contributed by atoms with Gasteiger partial charge in [-0.05, 0) is 25.0 Å². The molecule has 1 fully saturated rings. The molecule has 0 saturated heterocycles. The molecule has 3 rings (SSSR count). The molecule has 0 bridgehead atoms. The van der Waals surface area contributed by atoms with Crippen LogP contribution in [0.15, 0.2) is 30.5 Å². The predicted octanol–water partition coefficient (Wildman–Crippen LogP) is 3.44. The summed E-state index contributed by atoms with van der Waals surface area (Å²) in [5, 5.41) is 6.37. The number of para-hydroxylation sites is 1. The molecule has 1 saturated carbocycles. The summed E-state index contributed by atoms with van der Waals surface area (Å²) in [7, 11) is 0. The first-order valence-electron chi connectivity index (χ1n) is 6.59. The number of hydrogen-bond donors (Lipinski definition) is 1. The van der Waals surface area contributed by atoms with Gasteiger partial charge in [-0.15, -0.1) is 0 Å². The van der Waals surface area contributed by atoms with E-state index in [1.807, 2.05) is 0 Å². The standard InChI is InChI=1S/C14H11ClF3N3O/c15-10-3-1-2-4-11(10)21-12(14(16,17)18)9(7-19-21)13(22)20-8-5-6-8/h1-4,7-8H,5-6H2,(H,20,22). The average Bonchev–Trinajstić information content (AvgIpc) is 3.13. The molecule has 0 unspecified atom stereocenters. The van der Waals surface area contributed by atoms with Crippen molar-refractivity contribution in [1.82, 2.24) is 15.1 Å². The van der Waals surface area contributed by atoms with Crippen LogP contribution in [-0.4, -0.2) is 21.7 Å². The van der Waals surface area contributed by atoms with Gasteiger partial charge in [0.25, 0.3) is 5.91 Å². The number of carbonyl (C=O) groups excluding carboxylic acids is 1.